The zero-order chi connectivity index (χ0) is 12.3. The van der Waals surface area contributed by atoms with Crippen molar-refractivity contribution in [2.45, 2.75) is 19.1 Å². The van der Waals surface area contributed by atoms with Crippen molar-refractivity contribution in [3.8, 4) is 0 Å². The third-order valence-corrected chi connectivity index (χ3v) is 2.21. The van der Waals surface area contributed by atoms with Crippen LogP contribution in [0.3, 0.4) is 0 Å². The molecule has 0 aromatic heterocycles. The van der Waals surface area contributed by atoms with Crippen LogP contribution >= 0.6 is 12.2 Å². The molecule has 0 heterocycles. The maximum absolute atomic E-state index is 12.7. The number of alkyl halides is 3. The molecule has 0 bridgehead atoms. The summed E-state index contributed by atoms with van der Waals surface area (Å²) < 4.78 is 38.0. The number of nitrogens with two attached hydrogens (primary N) is 1. The van der Waals surface area contributed by atoms with Crippen molar-refractivity contribution >= 4 is 17.3 Å². The summed E-state index contributed by atoms with van der Waals surface area (Å²) in [6.07, 6.45) is -4.37. The first-order valence-corrected chi connectivity index (χ1v) is 4.95. The number of rotatable bonds is 2. The maximum Gasteiger partial charge on any atom is 0.416 e. The predicted molar refractivity (Wildman–Crippen MR) is 59.8 cm³/mol. The summed E-state index contributed by atoms with van der Waals surface area (Å²) in [5.74, 6) is 0. The van der Waals surface area contributed by atoms with Gasteiger partial charge in [-0.25, -0.2) is 0 Å². The topological polar surface area (TPSA) is 38.0 Å². The molecule has 0 saturated carbocycles. The molecule has 1 aromatic carbocycles. The second kappa shape index (κ2) is 4.69. The van der Waals surface area contributed by atoms with E-state index in [0.29, 0.717) is 0 Å². The quantitative estimate of drug-likeness (QED) is 0.790. The molecule has 3 N–H and O–H groups in total. The molecule has 16 heavy (non-hydrogen) atoms. The molecule has 0 aliphatic carbocycles. The van der Waals surface area contributed by atoms with Crippen molar-refractivity contribution < 1.29 is 13.2 Å². The second-order valence-corrected chi connectivity index (χ2v) is 3.76. The molecule has 0 unspecified atom stereocenters. The van der Waals surface area contributed by atoms with Gasteiger partial charge >= 0.3 is 6.18 Å². The summed E-state index contributed by atoms with van der Waals surface area (Å²) in [5.41, 5.74) is 4.68. The fraction of sp³-hybridized carbons (Fsp3) is 0.300. The average Bonchev–Trinajstić information content (AvgIpc) is 2.15. The Hall–Kier alpha value is -1.30. The summed E-state index contributed by atoms with van der Waals surface area (Å²) in [6, 6.07) is 4.75. The van der Waals surface area contributed by atoms with Crippen molar-refractivity contribution in [1.29, 1.82) is 0 Å². The third-order valence-electron chi connectivity index (χ3n) is 2.09. The minimum atomic E-state index is -4.37. The van der Waals surface area contributed by atoms with Gasteiger partial charge in [-0.05, 0) is 30.8 Å². The van der Waals surface area contributed by atoms with Gasteiger partial charge in [0, 0.05) is 0 Å². The van der Waals surface area contributed by atoms with Crippen LogP contribution in [0.4, 0.5) is 13.2 Å². The Bertz CT molecular complexity index is 390. The van der Waals surface area contributed by atoms with Gasteiger partial charge in [-0.2, -0.15) is 13.2 Å². The minimum Gasteiger partial charge on any atom is -0.376 e. The van der Waals surface area contributed by atoms with E-state index in [0.717, 1.165) is 6.07 Å². The summed E-state index contributed by atoms with van der Waals surface area (Å²) in [4.78, 5) is 0. The molecule has 0 aliphatic heterocycles. The molecule has 0 fully saturated rings. The Morgan fingerprint density at radius 3 is 2.44 bits per heavy atom. The van der Waals surface area contributed by atoms with Crippen molar-refractivity contribution in [2.24, 2.45) is 5.73 Å². The fourth-order valence-corrected chi connectivity index (χ4v) is 1.60. The van der Waals surface area contributed by atoms with Crippen LogP contribution in [0.2, 0.25) is 0 Å². The van der Waals surface area contributed by atoms with Gasteiger partial charge in [-0.3, -0.25) is 0 Å². The lowest BCUT2D eigenvalue weighted by Gasteiger charge is -2.19. The van der Waals surface area contributed by atoms with Crippen LogP contribution in [-0.4, -0.2) is 5.11 Å². The Morgan fingerprint density at radius 1 is 1.38 bits per heavy atom. The number of hydrogen-bond acceptors (Lipinski definition) is 1. The fourth-order valence-electron chi connectivity index (χ4n) is 1.42. The van der Waals surface area contributed by atoms with Gasteiger partial charge in [0.2, 0.25) is 0 Å². The van der Waals surface area contributed by atoms with Crippen LogP contribution in [0, 0.1) is 0 Å². The smallest absolute Gasteiger partial charge is 0.376 e. The van der Waals surface area contributed by atoms with Crippen molar-refractivity contribution in [1.82, 2.24) is 5.32 Å². The zero-order valence-electron chi connectivity index (χ0n) is 8.51. The van der Waals surface area contributed by atoms with Crippen LogP contribution in [-0.2, 0) is 6.18 Å². The third kappa shape index (κ3) is 3.10. The van der Waals surface area contributed by atoms with E-state index in [1.54, 1.807) is 13.0 Å². The van der Waals surface area contributed by atoms with E-state index >= 15 is 0 Å². The van der Waals surface area contributed by atoms with E-state index in [-0.39, 0.29) is 10.7 Å². The number of hydrogen-bond donors (Lipinski definition) is 2. The molecule has 88 valence electrons. The Morgan fingerprint density at radius 2 is 1.94 bits per heavy atom. The lowest BCUT2D eigenvalue weighted by Crippen LogP contribution is -2.32. The van der Waals surface area contributed by atoms with Gasteiger partial charge in [0.25, 0.3) is 0 Å². The summed E-state index contributed by atoms with van der Waals surface area (Å²) >= 11 is 4.59. The number of benzene rings is 1. The Balaban J connectivity index is 3.08. The zero-order valence-corrected chi connectivity index (χ0v) is 9.32. The van der Waals surface area contributed by atoms with Gasteiger partial charge < -0.3 is 11.1 Å². The number of nitrogens with one attached hydrogen (secondary N) is 1. The highest BCUT2D eigenvalue weighted by Crippen LogP contribution is 2.34. The normalized spacial score (nSPS) is 13.2. The molecule has 0 spiro atoms. The molecule has 1 aromatic rings. The summed E-state index contributed by atoms with van der Waals surface area (Å²) in [6.45, 7) is 1.57. The van der Waals surface area contributed by atoms with Gasteiger partial charge in [-0.15, -0.1) is 0 Å². The van der Waals surface area contributed by atoms with E-state index in [2.05, 4.69) is 17.5 Å². The molecule has 1 rings (SSSR count). The molecule has 0 aliphatic rings. The molecule has 6 heteroatoms. The van der Waals surface area contributed by atoms with Gasteiger partial charge in [0.05, 0.1) is 11.6 Å². The van der Waals surface area contributed by atoms with Crippen molar-refractivity contribution in [3.63, 3.8) is 0 Å². The van der Waals surface area contributed by atoms with E-state index in [9.17, 15) is 13.2 Å². The second-order valence-electron chi connectivity index (χ2n) is 3.32. The van der Waals surface area contributed by atoms with Crippen LogP contribution in [0.1, 0.15) is 24.1 Å². The van der Waals surface area contributed by atoms with E-state index in [1.165, 1.54) is 12.1 Å². The highest BCUT2D eigenvalue weighted by Gasteiger charge is 2.34. The lowest BCUT2D eigenvalue weighted by molar-refractivity contribution is -0.138. The van der Waals surface area contributed by atoms with Crippen molar-refractivity contribution in [2.75, 3.05) is 0 Å². The largest absolute Gasteiger partial charge is 0.416 e. The lowest BCUT2D eigenvalue weighted by atomic mass is 10.0. The Labute approximate surface area is 96.6 Å². The molecule has 0 radical (unpaired) electrons. The van der Waals surface area contributed by atoms with Crippen molar-refractivity contribution in [3.05, 3.63) is 35.4 Å². The molecular formula is C10H11F3N2S. The first-order valence-electron chi connectivity index (χ1n) is 4.54. The van der Waals surface area contributed by atoms with E-state index in [4.69, 9.17) is 5.73 Å². The van der Waals surface area contributed by atoms with Gasteiger partial charge in [-0.1, -0.05) is 18.2 Å². The first kappa shape index (κ1) is 12.8. The van der Waals surface area contributed by atoms with Crippen LogP contribution in [0.25, 0.3) is 0 Å². The van der Waals surface area contributed by atoms with Crippen LogP contribution < -0.4 is 11.1 Å². The minimum absolute atomic E-state index is 0.0236. The molecule has 0 amide bonds. The van der Waals surface area contributed by atoms with Gasteiger partial charge in [0.15, 0.2) is 5.11 Å². The average molecular weight is 248 g/mol. The molecule has 0 saturated heterocycles. The highest BCUT2D eigenvalue weighted by molar-refractivity contribution is 7.80. The van der Waals surface area contributed by atoms with Crippen LogP contribution in [0.5, 0.6) is 0 Å². The van der Waals surface area contributed by atoms with E-state index < -0.39 is 17.8 Å². The standard InChI is InChI=1S/C10H11F3N2S/c1-6(15-9(14)16)7-4-2-3-5-8(7)10(11,12)13/h2-6H,1H3,(H3,14,15,16)/t6-/m0/s1. The highest BCUT2D eigenvalue weighted by atomic mass is 32.1. The monoisotopic (exact) mass is 248 g/mol. The molecule has 1 atom stereocenters. The molecule has 2 nitrogen and oxygen atoms in total. The number of halogens is 3. The number of thiocarbonyl (C=S) groups is 1. The Kier molecular flexibility index (Phi) is 3.74. The van der Waals surface area contributed by atoms with Gasteiger partial charge in [0.1, 0.15) is 0 Å². The molecular weight excluding hydrogens is 237 g/mol. The van der Waals surface area contributed by atoms with E-state index in [1.807, 2.05) is 0 Å². The van der Waals surface area contributed by atoms with Crippen LogP contribution in [0.15, 0.2) is 24.3 Å². The maximum atomic E-state index is 12.7. The summed E-state index contributed by atoms with van der Waals surface area (Å²) in [5, 5.41) is 2.56. The first-order chi connectivity index (χ1) is 7.32. The predicted octanol–water partition coefficient (Wildman–Crippen LogP) is 2.60. The summed E-state index contributed by atoms with van der Waals surface area (Å²) in [7, 11) is 0. The SMILES string of the molecule is C[C@H](NC(N)=S)c1ccccc1C(F)(F)F.